The van der Waals surface area contributed by atoms with Crippen LogP contribution in [0.4, 0.5) is 0 Å². The van der Waals surface area contributed by atoms with Crippen molar-refractivity contribution in [2.45, 2.75) is 6.42 Å². The average molecular weight is 475 g/mol. The lowest BCUT2D eigenvalue weighted by Gasteiger charge is -2.10. The molecule has 0 aliphatic carbocycles. The number of esters is 1. The Hall–Kier alpha value is -4.59. The van der Waals surface area contributed by atoms with Gasteiger partial charge in [-0.15, -0.1) is 6.58 Å². The van der Waals surface area contributed by atoms with Crippen molar-refractivity contribution in [1.29, 1.82) is 0 Å². The first-order valence-corrected chi connectivity index (χ1v) is 10.7. The number of benzene rings is 3. The number of allylic oxidation sites excluding steroid dienone is 1. The maximum Gasteiger partial charge on any atom is 0.343 e. The van der Waals surface area contributed by atoms with Crippen LogP contribution in [0.25, 0.3) is 0 Å². The van der Waals surface area contributed by atoms with E-state index in [9.17, 15) is 9.59 Å². The Morgan fingerprint density at radius 1 is 0.943 bits per heavy atom. The van der Waals surface area contributed by atoms with Crippen molar-refractivity contribution in [1.82, 2.24) is 5.43 Å². The zero-order chi connectivity index (χ0) is 25.0. The highest BCUT2D eigenvalue weighted by atomic mass is 16.6. The topological polar surface area (TPSA) is 95.5 Å². The molecule has 0 fully saturated rings. The molecule has 0 saturated carbocycles. The van der Waals surface area contributed by atoms with Crippen LogP contribution in [0, 0.1) is 0 Å². The lowest BCUT2D eigenvalue weighted by atomic mass is 10.1. The van der Waals surface area contributed by atoms with Gasteiger partial charge in [0.15, 0.2) is 18.1 Å². The van der Waals surface area contributed by atoms with E-state index in [-0.39, 0.29) is 12.4 Å². The molecule has 8 nitrogen and oxygen atoms in total. The maximum atomic E-state index is 12.4. The van der Waals surface area contributed by atoms with E-state index in [0.717, 1.165) is 5.56 Å². The van der Waals surface area contributed by atoms with Gasteiger partial charge in [0.2, 0.25) is 0 Å². The summed E-state index contributed by atoms with van der Waals surface area (Å²) in [6, 6.07) is 18.9. The number of methoxy groups -OCH3 is 2. The highest BCUT2D eigenvalue weighted by Gasteiger charge is 2.13. The van der Waals surface area contributed by atoms with Crippen LogP contribution in [-0.4, -0.2) is 38.9 Å². The van der Waals surface area contributed by atoms with Gasteiger partial charge in [0.05, 0.1) is 26.0 Å². The summed E-state index contributed by atoms with van der Waals surface area (Å²) in [5.41, 5.74) is 4.36. The van der Waals surface area contributed by atoms with Crippen molar-refractivity contribution >= 4 is 18.1 Å². The molecule has 0 atom stereocenters. The molecule has 1 N–H and O–H groups in total. The third kappa shape index (κ3) is 7.20. The molecule has 0 aromatic heterocycles. The van der Waals surface area contributed by atoms with E-state index in [0.29, 0.717) is 34.8 Å². The summed E-state index contributed by atoms with van der Waals surface area (Å²) in [4.78, 5) is 24.5. The minimum atomic E-state index is -0.533. The zero-order valence-corrected chi connectivity index (χ0v) is 19.5. The van der Waals surface area contributed by atoms with Crippen molar-refractivity contribution < 1.29 is 28.5 Å². The van der Waals surface area contributed by atoms with Gasteiger partial charge in [-0.05, 0) is 66.1 Å². The van der Waals surface area contributed by atoms with E-state index in [4.69, 9.17) is 18.9 Å². The highest BCUT2D eigenvalue weighted by Crippen LogP contribution is 2.28. The molecule has 3 aromatic carbocycles. The van der Waals surface area contributed by atoms with E-state index in [1.807, 2.05) is 18.2 Å². The summed E-state index contributed by atoms with van der Waals surface area (Å²) < 4.78 is 21.5. The van der Waals surface area contributed by atoms with Gasteiger partial charge in [-0.3, -0.25) is 4.79 Å². The second-order valence-corrected chi connectivity index (χ2v) is 7.21. The standard InChI is InChI=1S/C27H26N2O6/c1-4-7-20-8-5-6-9-23(20)34-18-26(30)29-28-17-19-10-15-24(25(16-19)33-3)35-27(31)21-11-13-22(32-2)14-12-21/h4-6,8-17H,1,7,18H2,2-3H3,(H,29,30). The SMILES string of the molecule is C=CCc1ccccc1OCC(=O)NN=Cc1ccc(OC(=O)c2ccc(OC)cc2)c(OC)c1. The van der Waals surface area contributed by atoms with Crippen LogP contribution in [0.5, 0.6) is 23.0 Å². The number of carbonyl (C=O) groups is 2. The molecule has 0 heterocycles. The molecule has 0 aliphatic rings. The summed E-state index contributed by atoms with van der Waals surface area (Å²) in [6.45, 7) is 3.54. The van der Waals surface area contributed by atoms with Crippen LogP contribution in [0.2, 0.25) is 0 Å². The van der Waals surface area contributed by atoms with Gasteiger partial charge in [-0.1, -0.05) is 24.3 Å². The first-order valence-electron chi connectivity index (χ1n) is 10.7. The third-order valence-corrected chi connectivity index (χ3v) is 4.81. The number of rotatable bonds is 11. The fraction of sp³-hybridized carbons (Fsp3) is 0.148. The van der Waals surface area contributed by atoms with Gasteiger partial charge >= 0.3 is 5.97 Å². The summed E-state index contributed by atoms with van der Waals surface area (Å²) in [6.07, 6.45) is 3.86. The lowest BCUT2D eigenvalue weighted by molar-refractivity contribution is -0.123. The van der Waals surface area contributed by atoms with E-state index >= 15 is 0 Å². The number of carbonyl (C=O) groups excluding carboxylic acids is 2. The van der Waals surface area contributed by atoms with Gasteiger partial charge in [0, 0.05) is 0 Å². The van der Waals surface area contributed by atoms with Crippen LogP contribution < -0.4 is 24.4 Å². The quantitative estimate of drug-likeness (QED) is 0.147. The molecule has 0 radical (unpaired) electrons. The van der Waals surface area contributed by atoms with Crippen LogP contribution in [0.1, 0.15) is 21.5 Å². The minimum Gasteiger partial charge on any atom is -0.497 e. The Morgan fingerprint density at radius 3 is 2.43 bits per heavy atom. The highest BCUT2D eigenvalue weighted by molar-refractivity contribution is 5.92. The molecule has 0 unspecified atom stereocenters. The van der Waals surface area contributed by atoms with E-state index in [1.54, 1.807) is 61.7 Å². The van der Waals surface area contributed by atoms with Gasteiger partial charge in [0.1, 0.15) is 11.5 Å². The second-order valence-electron chi connectivity index (χ2n) is 7.21. The number of hydrogen-bond donors (Lipinski definition) is 1. The smallest absolute Gasteiger partial charge is 0.343 e. The largest absolute Gasteiger partial charge is 0.497 e. The Balaban J connectivity index is 1.56. The summed E-state index contributed by atoms with van der Waals surface area (Å²) in [5.74, 6) is 0.904. The van der Waals surface area contributed by atoms with Crippen LogP contribution >= 0.6 is 0 Å². The van der Waals surface area contributed by atoms with Crippen LogP contribution in [0.3, 0.4) is 0 Å². The molecule has 0 bridgehead atoms. The van der Waals surface area contributed by atoms with Gasteiger partial charge in [-0.25, -0.2) is 10.2 Å². The Bertz CT molecular complexity index is 1200. The van der Waals surface area contributed by atoms with Crippen molar-refractivity contribution in [3.63, 3.8) is 0 Å². The summed E-state index contributed by atoms with van der Waals surface area (Å²) in [7, 11) is 3.01. The van der Waals surface area contributed by atoms with E-state index in [2.05, 4.69) is 17.1 Å². The number of ether oxygens (including phenoxy) is 4. The third-order valence-electron chi connectivity index (χ3n) is 4.81. The molecular weight excluding hydrogens is 448 g/mol. The number of nitrogens with one attached hydrogen (secondary N) is 1. The van der Waals surface area contributed by atoms with Crippen LogP contribution in [-0.2, 0) is 11.2 Å². The van der Waals surface area contributed by atoms with Crippen LogP contribution in [0.15, 0.2) is 84.5 Å². The van der Waals surface area contributed by atoms with Gasteiger partial charge in [-0.2, -0.15) is 5.10 Å². The second kappa shape index (κ2) is 12.6. The first-order chi connectivity index (χ1) is 17.0. The summed E-state index contributed by atoms with van der Waals surface area (Å²) in [5, 5.41) is 3.95. The van der Waals surface area contributed by atoms with Crippen molar-refractivity contribution in [2.75, 3.05) is 20.8 Å². The Labute approximate surface area is 203 Å². The molecular formula is C27H26N2O6. The predicted octanol–water partition coefficient (Wildman–Crippen LogP) is 4.18. The molecule has 0 saturated heterocycles. The van der Waals surface area contributed by atoms with Crippen molar-refractivity contribution in [3.8, 4) is 23.0 Å². The number of nitrogens with zero attached hydrogens (tertiary/aromatic N) is 1. The number of hydrazone groups is 1. The van der Waals surface area contributed by atoms with Gasteiger partial charge in [0.25, 0.3) is 5.91 Å². The number of hydrogen-bond acceptors (Lipinski definition) is 7. The predicted molar refractivity (Wildman–Crippen MR) is 133 cm³/mol. The first kappa shape index (κ1) is 25.0. The lowest BCUT2D eigenvalue weighted by Crippen LogP contribution is -2.24. The monoisotopic (exact) mass is 474 g/mol. The van der Waals surface area contributed by atoms with Gasteiger partial charge < -0.3 is 18.9 Å². The molecule has 35 heavy (non-hydrogen) atoms. The number of amides is 1. The molecule has 1 amide bonds. The average Bonchev–Trinajstić information content (AvgIpc) is 2.89. The normalized spacial score (nSPS) is 10.5. The van der Waals surface area contributed by atoms with Crippen molar-refractivity contribution in [3.05, 3.63) is 96.1 Å². The summed E-state index contributed by atoms with van der Waals surface area (Å²) >= 11 is 0. The fourth-order valence-electron chi connectivity index (χ4n) is 3.06. The molecule has 8 heteroatoms. The maximum absolute atomic E-state index is 12.4. The zero-order valence-electron chi connectivity index (χ0n) is 19.5. The van der Waals surface area contributed by atoms with E-state index < -0.39 is 11.9 Å². The molecule has 180 valence electrons. The Kier molecular flexibility index (Phi) is 9.01. The van der Waals surface area contributed by atoms with E-state index in [1.165, 1.54) is 13.3 Å². The Morgan fingerprint density at radius 2 is 1.71 bits per heavy atom. The molecule has 0 spiro atoms. The molecule has 3 rings (SSSR count). The fourth-order valence-corrected chi connectivity index (χ4v) is 3.06. The molecule has 0 aliphatic heterocycles. The van der Waals surface area contributed by atoms with Crippen molar-refractivity contribution in [2.24, 2.45) is 5.10 Å². The minimum absolute atomic E-state index is 0.185. The number of para-hydroxylation sites is 1. The molecule has 3 aromatic rings.